The minimum atomic E-state index is -0.604. The van der Waals surface area contributed by atoms with Crippen molar-refractivity contribution in [1.82, 2.24) is 0 Å². The van der Waals surface area contributed by atoms with Gasteiger partial charge < -0.3 is 10.0 Å². The van der Waals surface area contributed by atoms with E-state index in [1.165, 1.54) is 0 Å². The highest BCUT2D eigenvalue weighted by Gasteiger charge is 2.14. The van der Waals surface area contributed by atoms with Gasteiger partial charge >= 0.3 is 0 Å². The number of benzene rings is 1. The summed E-state index contributed by atoms with van der Waals surface area (Å²) in [5.41, 5.74) is 2.11. The zero-order chi connectivity index (χ0) is 13.7. The summed E-state index contributed by atoms with van der Waals surface area (Å²) in [4.78, 5) is 1.90. The van der Waals surface area contributed by atoms with E-state index in [0.717, 1.165) is 11.3 Å². The second-order valence-corrected chi connectivity index (χ2v) is 4.47. The highest BCUT2D eigenvalue weighted by atomic mass is 16.3. The molecule has 0 aliphatic carbocycles. The van der Waals surface area contributed by atoms with E-state index in [0.29, 0.717) is 12.1 Å². The third-order valence-electron chi connectivity index (χ3n) is 2.79. The van der Waals surface area contributed by atoms with Crippen LogP contribution in [0, 0.1) is 28.6 Å². The van der Waals surface area contributed by atoms with Crippen molar-refractivity contribution in [3.63, 3.8) is 0 Å². The summed E-state index contributed by atoms with van der Waals surface area (Å²) in [6.07, 6.45) is -0.604. The highest BCUT2D eigenvalue weighted by molar-refractivity contribution is 5.58. The molecule has 0 radical (unpaired) electrons. The molecule has 1 rings (SSSR count). The first-order chi connectivity index (χ1) is 8.49. The van der Waals surface area contributed by atoms with Gasteiger partial charge in [-0.05, 0) is 26.0 Å². The SMILES string of the molecule is CC(C#N)CN(C)c1cc(C#N)ccc1[C@@H](C)O. The van der Waals surface area contributed by atoms with Crippen LogP contribution in [0.5, 0.6) is 0 Å². The van der Waals surface area contributed by atoms with E-state index in [1.54, 1.807) is 25.1 Å². The molecule has 1 aromatic rings. The molecule has 4 heteroatoms. The molecule has 0 bridgehead atoms. The second kappa shape index (κ2) is 6.05. The second-order valence-electron chi connectivity index (χ2n) is 4.47. The summed E-state index contributed by atoms with van der Waals surface area (Å²) >= 11 is 0. The third kappa shape index (κ3) is 3.23. The molecule has 1 N–H and O–H groups in total. The normalized spacial score (nSPS) is 13.2. The Morgan fingerprint density at radius 2 is 2.00 bits per heavy atom. The van der Waals surface area contributed by atoms with Crippen LogP contribution >= 0.6 is 0 Å². The number of aliphatic hydroxyl groups excluding tert-OH is 1. The molecule has 0 amide bonds. The summed E-state index contributed by atoms with van der Waals surface area (Å²) < 4.78 is 0. The molecule has 4 nitrogen and oxygen atoms in total. The standard InChI is InChI=1S/C14H17N3O/c1-10(7-15)9-17(3)14-6-12(8-16)4-5-13(14)11(2)18/h4-6,10-11,18H,9H2,1-3H3/t10?,11-/m1/s1. The molecule has 0 saturated heterocycles. The lowest BCUT2D eigenvalue weighted by Crippen LogP contribution is -2.24. The van der Waals surface area contributed by atoms with Crippen molar-refractivity contribution in [2.75, 3.05) is 18.5 Å². The van der Waals surface area contributed by atoms with E-state index >= 15 is 0 Å². The monoisotopic (exact) mass is 243 g/mol. The van der Waals surface area contributed by atoms with Crippen molar-refractivity contribution in [1.29, 1.82) is 10.5 Å². The van der Waals surface area contributed by atoms with Crippen molar-refractivity contribution in [3.8, 4) is 12.1 Å². The van der Waals surface area contributed by atoms with Crippen LogP contribution in [0.1, 0.15) is 31.1 Å². The van der Waals surface area contributed by atoms with Gasteiger partial charge in [-0.2, -0.15) is 10.5 Å². The van der Waals surface area contributed by atoms with E-state index in [-0.39, 0.29) is 5.92 Å². The number of rotatable bonds is 4. The molecule has 0 aliphatic rings. The summed E-state index contributed by atoms with van der Waals surface area (Å²) in [6, 6.07) is 9.44. The largest absolute Gasteiger partial charge is 0.389 e. The van der Waals surface area contributed by atoms with E-state index in [1.807, 2.05) is 18.9 Å². The van der Waals surface area contributed by atoms with Gasteiger partial charge in [0.15, 0.2) is 0 Å². The van der Waals surface area contributed by atoms with Crippen molar-refractivity contribution in [2.24, 2.45) is 5.92 Å². The molecule has 0 spiro atoms. The van der Waals surface area contributed by atoms with Gasteiger partial charge in [-0.15, -0.1) is 0 Å². The molecule has 1 unspecified atom stereocenters. The molecular formula is C14H17N3O. The zero-order valence-electron chi connectivity index (χ0n) is 10.9. The lowest BCUT2D eigenvalue weighted by atomic mass is 10.0. The lowest BCUT2D eigenvalue weighted by Gasteiger charge is -2.24. The Labute approximate surface area is 108 Å². The van der Waals surface area contributed by atoms with Gasteiger partial charge in [0.05, 0.1) is 29.7 Å². The third-order valence-corrected chi connectivity index (χ3v) is 2.79. The van der Waals surface area contributed by atoms with Crippen LogP contribution < -0.4 is 4.90 Å². The van der Waals surface area contributed by atoms with Gasteiger partial charge in [-0.25, -0.2) is 0 Å². The average Bonchev–Trinajstić information content (AvgIpc) is 2.37. The zero-order valence-corrected chi connectivity index (χ0v) is 10.9. The molecule has 2 atom stereocenters. The van der Waals surface area contributed by atoms with Crippen molar-refractivity contribution < 1.29 is 5.11 Å². The molecule has 0 aromatic heterocycles. The fourth-order valence-corrected chi connectivity index (χ4v) is 1.85. The quantitative estimate of drug-likeness (QED) is 0.880. The number of aliphatic hydroxyl groups is 1. The van der Waals surface area contributed by atoms with E-state index in [2.05, 4.69) is 12.1 Å². The Balaban J connectivity index is 3.12. The molecule has 0 heterocycles. The van der Waals surface area contributed by atoms with E-state index in [9.17, 15) is 5.11 Å². The van der Waals surface area contributed by atoms with Gasteiger partial charge in [0, 0.05) is 24.8 Å². The maximum Gasteiger partial charge on any atom is 0.0992 e. The molecule has 0 fully saturated rings. The van der Waals surface area contributed by atoms with Crippen molar-refractivity contribution in [3.05, 3.63) is 29.3 Å². The fraction of sp³-hybridized carbons (Fsp3) is 0.429. The molecule has 0 saturated carbocycles. The van der Waals surface area contributed by atoms with Crippen LogP contribution in [0.4, 0.5) is 5.69 Å². The summed E-state index contributed by atoms with van der Waals surface area (Å²) in [6.45, 7) is 4.09. The predicted molar refractivity (Wildman–Crippen MR) is 69.8 cm³/mol. The van der Waals surface area contributed by atoms with Crippen LogP contribution in [0.25, 0.3) is 0 Å². The summed E-state index contributed by atoms with van der Waals surface area (Å²) in [7, 11) is 1.86. The van der Waals surface area contributed by atoms with Gasteiger partial charge in [0.1, 0.15) is 0 Å². The summed E-state index contributed by atoms with van der Waals surface area (Å²) in [5, 5.41) is 27.5. The van der Waals surface area contributed by atoms with Crippen LogP contribution in [0.3, 0.4) is 0 Å². The average molecular weight is 243 g/mol. The maximum atomic E-state index is 9.73. The Morgan fingerprint density at radius 1 is 1.33 bits per heavy atom. The Morgan fingerprint density at radius 3 is 2.50 bits per heavy atom. The van der Waals surface area contributed by atoms with Crippen LogP contribution in [-0.2, 0) is 0 Å². The van der Waals surface area contributed by atoms with Gasteiger partial charge in [-0.1, -0.05) is 6.07 Å². The van der Waals surface area contributed by atoms with Gasteiger partial charge in [0.2, 0.25) is 0 Å². The Kier molecular flexibility index (Phi) is 4.71. The van der Waals surface area contributed by atoms with Crippen molar-refractivity contribution >= 4 is 5.69 Å². The first-order valence-corrected chi connectivity index (χ1v) is 5.82. The Bertz CT molecular complexity index is 497. The molecule has 0 aliphatic heterocycles. The molecular weight excluding hydrogens is 226 g/mol. The van der Waals surface area contributed by atoms with Gasteiger partial charge in [0.25, 0.3) is 0 Å². The number of hydrogen-bond donors (Lipinski definition) is 1. The molecule has 94 valence electrons. The lowest BCUT2D eigenvalue weighted by molar-refractivity contribution is 0.199. The first-order valence-electron chi connectivity index (χ1n) is 5.82. The van der Waals surface area contributed by atoms with Crippen LogP contribution in [0.15, 0.2) is 18.2 Å². The molecule has 18 heavy (non-hydrogen) atoms. The number of hydrogen-bond acceptors (Lipinski definition) is 4. The number of anilines is 1. The minimum absolute atomic E-state index is 0.109. The van der Waals surface area contributed by atoms with Gasteiger partial charge in [-0.3, -0.25) is 0 Å². The Hall–Kier alpha value is -2.04. The fourth-order valence-electron chi connectivity index (χ4n) is 1.85. The summed E-state index contributed by atoms with van der Waals surface area (Å²) in [5.74, 6) is -0.109. The molecule has 1 aromatic carbocycles. The topological polar surface area (TPSA) is 71.0 Å². The minimum Gasteiger partial charge on any atom is -0.389 e. The van der Waals surface area contributed by atoms with E-state index < -0.39 is 6.10 Å². The smallest absolute Gasteiger partial charge is 0.0992 e. The van der Waals surface area contributed by atoms with Crippen LogP contribution in [0.2, 0.25) is 0 Å². The van der Waals surface area contributed by atoms with Crippen LogP contribution in [-0.4, -0.2) is 18.7 Å². The maximum absolute atomic E-state index is 9.73. The van der Waals surface area contributed by atoms with E-state index in [4.69, 9.17) is 10.5 Å². The predicted octanol–water partition coefficient (Wildman–Crippen LogP) is 2.21. The van der Waals surface area contributed by atoms with Crippen molar-refractivity contribution in [2.45, 2.75) is 20.0 Å². The first kappa shape index (κ1) is 14.0. The highest BCUT2D eigenvalue weighted by Crippen LogP contribution is 2.27. The number of nitrogens with zero attached hydrogens (tertiary/aromatic N) is 3. The number of nitriles is 2.